The number of piperazine rings is 1. The van der Waals surface area contributed by atoms with Crippen molar-refractivity contribution in [1.29, 1.82) is 0 Å². The smallest absolute Gasteiger partial charge is 0.0255 e. The predicted octanol–water partition coefficient (Wildman–Crippen LogP) is 2.71. The molecule has 1 aliphatic carbocycles. The molecular weight excluding hydrogens is 258 g/mol. The summed E-state index contributed by atoms with van der Waals surface area (Å²) in [7, 11) is 0. The zero-order chi connectivity index (χ0) is 14.8. The Balaban J connectivity index is 1.68. The molecule has 1 saturated carbocycles. The molecule has 3 aliphatic rings. The minimum Gasteiger partial charge on any atom is -0.312 e. The lowest BCUT2D eigenvalue weighted by molar-refractivity contribution is -0.00328. The number of hydrogen-bond acceptors (Lipinski definition) is 3. The summed E-state index contributed by atoms with van der Waals surface area (Å²) in [6.07, 6.45) is 8.30. The second-order valence-electron chi connectivity index (χ2n) is 7.88. The number of nitrogens with zero attached hydrogens (tertiary/aromatic N) is 2. The molecule has 0 amide bonds. The molecule has 21 heavy (non-hydrogen) atoms. The van der Waals surface area contributed by atoms with E-state index in [-0.39, 0.29) is 0 Å². The van der Waals surface area contributed by atoms with E-state index in [1.807, 2.05) is 0 Å². The van der Waals surface area contributed by atoms with Crippen molar-refractivity contribution >= 4 is 0 Å². The molecule has 5 atom stereocenters. The molecule has 2 saturated heterocycles. The summed E-state index contributed by atoms with van der Waals surface area (Å²) in [5, 5.41) is 3.86. The normalized spacial score (nSPS) is 42.1. The van der Waals surface area contributed by atoms with Gasteiger partial charge in [-0.15, -0.1) is 0 Å². The second kappa shape index (κ2) is 6.97. The molecule has 0 aromatic carbocycles. The van der Waals surface area contributed by atoms with Crippen LogP contribution >= 0.6 is 0 Å². The van der Waals surface area contributed by atoms with Crippen molar-refractivity contribution in [2.75, 3.05) is 26.2 Å². The standard InChI is InChI=1S/C18H35N3/c1-4-9-19-17-8-7-14(2)11-18(17)21-13-16-6-5-10-20(16)12-15(21)3/h14-19H,4-13H2,1-3H3. The molecule has 0 aromatic rings. The lowest BCUT2D eigenvalue weighted by Gasteiger charge is -2.50. The van der Waals surface area contributed by atoms with Gasteiger partial charge in [0.1, 0.15) is 0 Å². The minimum atomic E-state index is 0.733. The topological polar surface area (TPSA) is 18.5 Å². The van der Waals surface area contributed by atoms with Gasteiger partial charge in [-0.2, -0.15) is 0 Å². The molecule has 0 bridgehead atoms. The van der Waals surface area contributed by atoms with Crippen LogP contribution in [0.1, 0.15) is 59.3 Å². The first-order chi connectivity index (χ1) is 10.2. The van der Waals surface area contributed by atoms with Crippen LogP contribution in [0.15, 0.2) is 0 Å². The predicted molar refractivity (Wildman–Crippen MR) is 89.6 cm³/mol. The summed E-state index contributed by atoms with van der Waals surface area (Å²) < 4.78 is 0. The maximum atomic E-state index is 3.86. The molecule has 2 aliphatic heterocycles. The Morgan fingerprint density at radius 2 is 1.95 bits per heavy atom. The van der Waals surface area contributed by atoms with Gasteiger partial charge in [-0.05, 0) is 64.5 Å². The minimum absolute atomic E-state index is 0.733. The Hall–Kier alpha value is -0.120. The van der Waals surface area contributed by atoms with Gasteiger partial charge in [0.15, 0.2) is 0 Å². The van der Waals surface area contributed by atoms with E-state index in [0.29, 0.717) is 0 Å². The van der Waals surface area contributed by atoms with Gasteiger partial charge < -0.3 is 5.32 Å². The van der Waals surface area contributed by atoms with Crippen molar-refractivity contribution in [3.8, 4) is 0 Å². The van der Waals surface area contributed by atoms with E-state index in [2.05, 4.69) is 35.9 Å². The molecule has 2 heterocycles. The van der Waals surface area contributed by atoms with Crippen molar-refractivity contribution in [2.45, 2.75) is 83.5 Å². The molecule has 0 radical (unpaired) electrons. The van der Waals surface area contributed by atoms with Crippen molar-refractivity contribution in [3.05, 3.63) is 0 Å². The maximum Gasteiger partial charge on any atom is 0.0255 e. The first-order valence-electron chi connectivity index (χ1n) is 9.42. The maximum absolute atomic E-state index is 3.86. The summed E-state index contributed by atoms with van der Waals surface area (Å²) in [5.74, 6) is 0.906. The van der Waals surface area contributed by atoms with Gasteiger partial charge in [0, 0.05) is 37.3 Å². The van der Waals surface area contributed by atoms with Gasteiger partial charge in [0.2, 0.25) is 0 Å². The van der Waals surface area contributed by atoms with Gasteiger partial charge in [-0.1, -0.05) is 13.8 Å². The van der Waals surface area contributed by atoms with Crippen LogP contribution < -0.4 is 5.32 Å². The number of nitrogens with one attached hydrogen (secondary N) is 1. The highest BCUT2D eigenvalue weighted by Crippen LogP contribution is 2.33. The number of fused-ring (bicyclic) bond motifs is 1. The van der Waals surface area contributed by atoms with Crippen LogP contribution in [0.4, 0.5) is 0 Å². The third-order valence-electron chi connectivity index (χ3n) is 6.15. The summed E-state index contributed by atoms with van der Waals surface area (Å²) in [6, 6.07) is 3.10. The zero-order valence-electron chi connectivity index (χ0n) is 14.4. The Morgan fingerprint density at radius 3 is 2.76 bits per heavy atom. The summed E-state index contributed by atoms with van der Waals surface area (Å²) in [6.45, 7) is 12.4. The fourth-order valence-electron chi connectivity index (χ4n) is 4.96. The fraction of sp³-hybridized carbons (Fsp3) is 1.00. The van der Waals surface area contributed by atoms with E-state index in [9.17, 15) is 0 Å². The summed E-state index contributed by atoms with van der Waals surface area (Å²) in [4.78, 5) is 5.64. The summed E-state index contributed by atoms with van der Waals surface area (Å²) in [5.41, 5.74) is 0. The van der Waals surface area contributed by atoms with Crippen LogP contribution in [-0.2, 0) is 0 Å². The van der Waals surface area contributed by atoms with E-state index >= 15 is 0 Å². The van der Waals surface area contributed by atoms with Crippen LogP contribution in [-0.4, -0.2) is 60.1 Å². The molecule has 1 N–H and O–H groups in total. The third-order valence-corrected chi connectivity index (χ3v) is 6.15. The van der Waals surface area contributed by atoms with Crippen LogP contribution in [0, 0.1) is 5.92 Å². The van der Waals surface area contributed by atoms with Gasteiger partial charge in [0.05, 0.1) is 0 Å². The fourth-order valence-corrected chi connectivity index (χ4v) is 4.96. The van der Waals surface area contributed by atoms with Gasteiger partial charge >= 0.3 is 0 Å². The number of rotatable bonds is 4. The van der Waals surface area contributed by atoms with Gasteiger partial charge in [-0.25, -0.2) is 0 Å². The first kappa shape index (κ1) is 15.8. The quantitative estimate of drug-likeness (QED) is 0.860. The van der Waals surface area contributed by atoms with Crippen LogP contribution in [0.3, 0.4) is 0 Å². The van der Waals surface area contributed by atoms with E-state index in [4.69, 9.17) is 0 Å². The highest BCUT2D eigenvalue weighted by Gasteiger charge is 2.41. The van der Waals surface area contributed by atoms with E-state index in [0.717, 1.165) is 30.1 Å². The average Bonchev–Trinajstić information content (AvgIpc) is 2.92. The Kier molecular flexibility index (Phi) is 5.23. The lowest BCUT2D eigenvalue weighted by atomic mass is 9.81. The molecule has 0 aromatic heterocycles. The van der Waals surface area contributed by atoms with Crippen LogP contribution in [0.5, 0.6) is 0 Å². The Labute approximate surface area is 131 Å². The molecule has 3 fully saturated rings. The molecule has 3 nitrogen and oxygen atoms in total. The SMILES string of the molecule is CCCNC1CCC(C)CC1N1CC2CCCN2CC1C. The molecule has 5 unspecified atom stereocenters. The molecule has 3 rings (SSSR count). The van der Waals surface area contributed by atoms with Crippen molar-refractivity contribution < 1.29 is 0 Å². The van der Waals surface area contributed by atoms with E-state index in [1.165, 1.54) is 64.7 Å². The van der Waals surface area contributed by atoms with Crippen molar-refractivity contribution in [3.63, 3.8) is 0 Å². The highest BCUT2D eigenvalue weighted by molar-refractivity contribution is 4.98. The van der Waals surface area contributed by atoms with Gasteiger partial charge in [0.25, 0.3) is 0 Å². The molecule has 3 heteroatoms. The number of hydrogen-bond donors (Lipinski definition) is 1. The van der Waals surface area contributed by atoms with Gasteiger partial charge in [-0.3, -0.25) is 9.80 Å². The Bertz CT molecular complexity index is 330. The summed E-state index contributed by atoms with van der Waals surface area (Å²) >= 11 is 0. The first-order valence-corrected chi connectivity index (χ1v) is 9.42. The lowest BCUT2D eigenvalue weighted by Crippen LogP contribution is -2.63. The molecule has 122 valence electrons. The highest BCUT2D eigenvalue weighted by atomic mass is 15.3. The van der Waals surface area contributed by atoms with E-state index in [1.54, 1.807) is 0 Å². The second-order valence-corrected chi connectivity index (χ2v) is 7.88. The Morgan fingerprint density at radius 1 is 1.10 bits per heavy atom. The third kappa shape index (κ3) is 3.46. The van der Waals surface area contributed by atoms with Crippen molar-refractivity contribution in [1.82, 2.24) is 15.1 Å². The monoisotopic (exact) mass is 293 g/mol. The van der Waals surface area contributed by atoms with E-state index < -0.39 is 0 Å². The molecule has 0 spiro atoms. The average molecular weight is 293 g/mol. The largest absolute Gasteiger partial charge is 0.312 e. The van der Waals surface area contributed by atoms with Crippen LogP contribution in [0.25, 0.3) is 0 Å². The van der Waals surface area contributed by atoms with Crippen LogP contribution in [0.2, 0.25) is 0 Å². The molecular formula is C18H35N3. The van der Waals surface area contributed by atoms with Crippen molar-refractivity contribution in [2.24, 2.45) is 5.92 Å². The zero-order valence-corrected chi connectivity index (χ0v) is 14.4.